The zero-order valence-electron chi connectivity index (χ0n) is 15.0. The van der Waals surface area contributed by atoms with Gasteiger partial charge in [-0.25, -0.2) is 14.4 Å². The molecule has 0 unspecified atom stereocenters. The van der Waals surface area contributed by atoms with E-state index in [1.54, 1.807) is 11.8 Å². The minimum atomic E-state index is -0.700. The summed E-state index contributed by atoms with van der Waals surface area (Å²) in [6.45, 7) is 3.00. The molecule has 8 nitrogen and oxygen atoms in total. The van der Waals surface area contributed by atoms with E-state index in [-0.39, 0.29) is 25.3 Å². The van der Waals surface area contributed by atoms with Crippen LogP contribution in [-0.2, 0) is 14.3 Å². The number of esters is 1. The first-order valence-corrected chi connectivity index (χ1v) is 10.0. The van der Waals surface area contributed by atoms with E-state index in [0.29, 0.717) is 25.9 Å². The molecule has 2 fully saturated rings. The second-order valence-corrected chi connectivity index (χ2v) is 7.54. The third-order valence-electron chi connectivity index (χ3n) is 4.73. The van der Waals surface area contributed by atoms with Gasteiger partial charge >= 0.3 is 18.1 Å². The molecule has 1 aromatic carbocycles. The normalized spacial score (nSPS) is 20.4. The van der Waals surface area contributed by atoms with Crippen molar-refractivity contribution in [3.05, 3.63) is 27.8 Å². The van der Waals surface area contributed by atoms with Crippen molar-refractivity contribution in [2.75, 3.05) is 31.6 Å². The van der Waals surface area contributed by atoms with Crippen LogP contribution in [0.5, 0.6) is 0 Å². The van der Waals surface area contributed by atoms with Gasteiger partial charge in [0.1, 0.15) is 6.61 Å². The standard InChI is InChI=1S/C18H22IN3O5/c1-2-26-16(23)15-11-27-18(25)22(15)12-7-9-21(10-8-12)17(24)20-14-6-4-3-5-13(14)19/h3-6,12,15H,2,7-11H2,1H3,(H,20,24)/t15-/m0/s1. The Morgan fingerprint density at radius 1 is 1.30 bits per heavy atom. The lowest BCUT2D eigenvalue weighted by molar-refractivity contribution is -0.148. The third kappa shape index (κ3) is 4.45. The summed E-state index contributed by atoms with van der Waals surface area (Å²) in [5.74, 6) is -0.442. The molecule has 1 N–H and O–H groups in total. The lowest BCUT2D eigenvalue weighted by Crippen LogP contribution is -2.52. The van der Waals surface area contributed by atoms with Crippen LogP contribution in [0.15, 0.2) is 24.3 Å². The summed E-state index contributed by atoms with van der Waals surface area (Å²) in [5.41, 5.74) is 0.774. The Kier molecular flexibility index (Phi) is 6.40. The van der Waals surface area contributed by atoms with Crippen molar-refractivity contribution in [1.29, 1.82) is 0 Å². The molecule has 2 aliphatic rings. The number of nitrogens with one attached hydrogen (secondary N) is 1. The van der Waals surface area contributed by atoms with Crippen molar-refractivity contribution >= 4 is 46.4 Å². The number of cyclic esters (lactones) is 1. The van der Waals surface area contributed by atoms with Gasteiger partial charge in [0, 0.05) is 22.7 Å². The molecule has 2 saturated heterocycles. The highest BCUT2D eigenvalue weighted by Gasteiger charge is 2.44. The molecule has 0 spiro atoms. The van der Waals surface area contributed by atoms with Crippen LogP contribution in [0.4, 0.5) is 15.3 Å². The number of hydrogen-bond acceptors (Lipinski definition) is 5. The number of carbonyl (C=O) groups excluding carboxylic acids is 3. The molecule has 0 aromatic heterocycles. The van der Waals surface area contributed by atoms with Crippen LogP contribution in [0.1, 0.15) is 19.8 Å². The van der Waals surface area contributed by atoms with Crippen LogP contribution in [-0.4, -0.2) is 66.3 Å². The summed E-state index contributed by atoms with van der Waals surface area (Å²) in [6, 6.07) is 6.57. The topological polar surface area (TPSA) is 88.2 Å². The number of ether oxygens (including phenoxy) is 2. The van der Waals surface area contributed by atoms with E-state index in [9.17, 15) is 14.4 Å². The monoisotopic (exact) mass is 487 g/mol. The number of likely N-dealkylation sites (tertiary alicyclic amines) is 1. The number of carbonyl (C=O) groups is 3. The number of halogens is 1. The van der Waals surface area contributed by atoms with Crippen molar-refractivity contribution in [3.8, 4) is 0 Å². The first kappa shape index (κ1) is 19.7. The molecule has 9 heteroatoms. The van der Waals surface area contributed by atoms with E-state index in [2.05, 4.69) is 27.9 Å². The predicted molar refractivity (Wildman–Crippen MR) is 106 cm³/mol. The number of para-hydroxylation sites is 1. The zero-order valence-corrected chi connectivity index (χ0v) is 17.2. The highest BCUT2D eigenvalue weighted by molar-refractivity contribution is 14.1. The fourth-order valence-electron chi connectivity index (χ4n) is 3.36. The van der Waals surface area contributed by atoms with Gasteiger partial charge in [0.2, 0.25) is 0 Å². The smallest absolute Gasteiger partial charge is 0.410 e. The number of hydrogen-bond donors (Lipinski definition) is 1. The maximum Gasteiger partial charge on any atom is 0.410 e. The van der Waals surface area contributed by atoms with Gasteiger partial charge in [-0.15, -0.1) is 0 Å². The average Bonchev–Trinajstić information content (AvgIpc) is 3.05. The molecule has 1 atom stereocenters. The van der Waals surface area contributed by atoms with E-state index in [4.69, 9.17) is 9.47 Å². The summed E-state index contributed by atoms with van der Waals surface area (Å²) in [6.07, 6.45) is 0.684. The Balaban J connectivity index is 1.58. The van der Waals surface area contributed by atoms with Crippen molar-refractivity contribution in [1.82, 2.24) is 9.80 Å². The zero-order chi connectivity index (χ0) is 19.4. The molecule has 0 aliphatic carbocycles. The average molecular weight is 487 g/mol. The Labute approximate surface area is 171 Å². The summed E-state index contributed by atoms with van der Waals surface area (Å²) in [7, 11) is 0. The van der Waals surface area contributed by atoms with E-state index in [0.717, 1.165) is 9.26 Å². The van der Waals surface area contributed by atoms with Gasteiger partial charge in [-0.2, -0.15) is 0 Å². The lowest BCUT2D eigenvalue weighted by Gasteiger charge is -2.37. The maximum absolute atomic E-state index is 12.5. The van der Waals surface area contributed by atoms with Gasteiger partial charge in [-0.3, -0.25) is 4.90 Å². The molecule has 0 radical (unpaired) electrons. The Morgan fingerprint density at radius 3 is 2.67 bits per heavy atom. The van der Waals surface area contributed by atoms with E-state index in [1.807, 2.05) is 24.3 Å². The van der Waals surface area contributed by atoms with Crippen LogP contribution in [0, 0.1) is 3.57 Å². The van der Waals surface area contributed by atoms with Gasteiger partial charge in [0.15, 0.2) is 6.04 Å². The highest BCUT2D eigenvalue weighted by atomic mass is 127. The molecule has 3 rings (SSSR count). The predicted octanol–water partition coefficient (Wildman–Crippen LogP) is 2.67. The van der Waals surface area contributed by atoms with Gasteiger partial charge in [-0.05, 0) is 54.5 Å². The van der Waals surface area contributed by atoms with Crippen LogP contribution < -0.4 is 5.32 Å². The van der Waals surface area contributed by atoms with E-state index < -0.39 is 18.1 Å². The SMILES string of the molecule is CCOC(=O)[C@@H]1COC(=O)N1C1CCN(C(=O)Nc2ccccc2I)CC1. The van der Waals surface area contributed by atoms with Crippen molar-refractivity contribution in [2.45, 2.75) is 31.8 Å². The third-order valence-corrected chi connectivity index (χ3v) is 5.67. The van der Waals surface area contributed by atoms with Crippen molar-refractivity contribution in [3.63, 3.8) is 0 Å². The van der Waals surface area contributed by atoms with Crippen molar-refractivity contribution < 1.29 is 23.9 Å². The number of urea groups is 1. The Hall–Kier alpha value is -2.04. The number of piperidine rings is 1. The summed E-state index contributed by atoms with van der Waals surface area (Å²) in [5, 5.41) is 2.92. The number of nitrogens with zero attached hydrogens (tertiary/aromatic N) is 2. The largest absolute Gasteiger partial charge is 0.464 e. The van der Waals surface area contributed by atoms with Gasteiger partial charge in [0.05, 0.1) is 12.3 Å². The molecule has 1 aromatic rings. The number of rotatable bonds is 4. The molecule has 27 heavy (non-hydrogen) atoms. The Morgan fingerprint density at radius 2 is 2.00 bits per heavy atom. The van der Waals surface area contributed by atoms with E-state index >= 15 is 0 Å². The molecule has 0 saturated carbocycles. The minimum absolute atomic E-state index is 0.0187. The van der Waals surface area contributed by atoms with Crippen LogP contribution >= 0.6 is 22.6 Å². The number of benzene rings is 1. The fraction of sp³-hybridized carbons (Fsp3) is 0.500. The van der Waals surface area contributed by atoms with Crippen LogP contribution in [0.25, 0.3) is 0 Å². The second-order valence-electron chi connectivity index (χ2n) is 6.38. The lowest BCUT2D eigenvalue weighted by atomic mass is 10.0. The molecule has 2 heterocycles. The quantitative estimate of drug-likeness (QED) is 0.522. The van der Waals surface area contributed by atoms with Crippen LogP contribution in [0.3, 0.4) is 0 Å². The Bertz CT molecular complexity index is 721. The molecule has 2 aliphatic heterocycles. The molecular formula is C18H22IN3O5. The molecule has 146 valence electrons. The molecular weight excluding hydrogens is 465 g/mol. The van der Waals surface area contributed by atoms with E-state index in [1.165, 1.54) is 4.90 Å². The summed E-state index contributed by atoms with van der Waals surface area (Å²) >= 11 is 2.18. The first-order valence-electron chi connectivity index (χ1n) is 8.93. The second kappa shape index (κ2) is 8.77. The molecule has 3 amide bonds. The summed E-state index contributed by atoms with van der Waals surface area (Å²) < 4.78 is 11.1. The maximum atomic E-state index is 12.5. The number of amides is 3. The van der Waals surface area contributed by atoms with Gasteiger partial charge < -0.3 is 19.7 Å². The fourth-order valence-corrected chi connectivity index (χ4v) is 3.88. The molecule has 0 bridgehead atoms. The number of anilines is 1. The van der Waals surface area contributed by atoms with Crippen molar-refractivity contribution in [2.24, 2.45) is 0 Å². The highest BCUT2D eigenvalue weighted by Crippen LogP contribution is 2.25. The minimum Gasteiger partial charge on any atom is -0.464 e. The van der Waals surface area contributed by atoms with Gasteiger partial charge in [-0.1, -0.05) is 12.1 Å². The van der Waals surface area contributed by atoms with Crippen LogP contribution in [0.2, 0.25) is 0 Å². The summed E-state index contributed by atoms with van der Waals surface area (Å²) in [4.78, 5) is 39.9. The van der Waals surface area contributed by atoms with Gasteiger partial charge in [0.25, 0.3) is 0 Å². The first-order chi connectivity index (χ1) is 13.0.